The third-order valence-corrected chi connectivity index (χ3v) is 6.58. The van der Waals surface area contributed by atoms with Gasteiger partial charge >= 0.3 is 0 Å². The van der Waals surface area contributed by atoms with E-state index in [0.717, 1.165) is 12.8 Å². The molecular formula is C16H14Cl2FNO2S. The lowest BCUT2D eigenvalue weighted by Crippen LogP contribution is -2.33. The number of hydrogen-bond donors (Lipinski definition) is 0. The molecule has 1 aliphatic rings. The molecule has 0 aliphatic heterocycles. The van der Waals surface area contributed by atoms with Crippen molar-refractivity contribution in [2.75, 3.05) is 0 Å². The molecule has 0 heterocycles. The van der Waals surface area contributed by atoms with E-state index in [1.54, 1.807) is 24.3 Å². The fourth-order valence-electron chi connectivity index (χ4n) is 2.41. The van der Waals surface area contributed by atoms with Crippen LogP contribution in [0.4, 0.5) is 4.39 Å². The van der Waals surface area contributed by atoms with E-state index in [0.29, 0.717) is 5.56 Å². The van der Waals surface area contributed by atoms with Crippen LogP contribution < -0.4 is 0 Å². The summed E-state index contributed by atoms with van der Waals surface area (Å²) in [4.78, 5) is -0.119. The zero-order chi connectivity index (χ0) is 16.6. The molecule has 0 bridgehead atoms. The van der Waals surface area contributed by atoms with Crippen molar-refractivity contribution >= 4 is 33.2 Å². The quantitative estimate of drug-likeness (QED) is 0.774. The van der Waals surface area contributed by atoms with E-state index in [9.17, 15) is 12.8 Å². The monoisotopic (exact) mass is 373 g/mol. The molecule has 1 aliphatic carbocycles. The molecule has 0 aromatic heterocycles. The van der Waals surface area contributed by atoms with Gasteiger partial charge in [0.1, 0.15) is 10.7 Å². The lowest BCUT2D eigenvalue weighted by atomic mass is 10.2. The molecule has 0 amide bonds. The molecule has 1 saturated carbocycles. The molecule has 0 radical (unpaired) electrons. The summed E-state index contributed by atoms with van der Waals surface area (Å²) in [6.45, 7) is -0.0405. The van der Waals surface area contributed by atoms with Crippen molar-refractivity contribution in [3.05, 3.63) is 63.9 Å². The van der Waals surface area contributed by atoms with Crippen LogP contribution in [0.15, 0.2) is 47.4 Å². The number of nitrogens with zero attached hydrogens (tertiary/aromatic N) is 1. The van der Waals surface area contributed by atoms with Gasteiger partial charge in [-0.05, 0) is 31.0 Å². The second kappa shape index (κ2) is 6.40. The SMILES string of the molecule is O=S(=O)(c1c(Cl)cccc1Cl)N(Cc1ccccc1F)C1CC1. The molecule has 0 atom stereocenters. The van der Waals surface area contributed by atoms with Crippen molar-refractivity contribution in [2.45, 2.75) is 30.3 Å². The topological polar surface area (TPSA) is 37.4 Å². The molecule has 3 nitrogen and oxygen atoms in total. The molecule has 0 unspecified atom stereocenters. The smallest absolute Gasteiger partial charge is 0.207 e. The molecule has 0 saturated heterocycles. The van der Waals surface area contributed by atoms with Crippen LogP contribution in [0.1, 0.15) is 18.4 Å². The number of rotatable bonds is 5. The summed E-state index contributed by atoms with van der Waals surface area (Å²) < 4.78 is 41.2. The Morgan fingerprint density at radius 2 is 1.65 bits per heavy atom. The minimum absolute atomic E-state index is 0.0405. The molecule has 7 heteroatoms. The summed E-state index contributed by atoms with van der Waals surface area (Å²) in [5.74, 6) is -0.432. The number of hydrogen-bond acceptors (Lipinski definition) is 2. The molecule has 122 valence electrons. The Morgan fingerprint density at radius 3 is 2.22 bits per heavy atom. The third kappa shape index (κ3) is 3.38. The van der Waals surface area contributed by atoms with E-state index >= 15 is 0 Å². The van der Waals surface area contributed by atoms with E-state index in [-0.39, 0.29) is 27.5 Å². The molecule has 1 fully saturated rings. The highest BCUT2D eigenvalue weighted by molar-refractivity contribution is 7.89. The fourth-order valence-corrected chi connectivity index (χ4v) is 5.17. The first kappa shape index (κ1) is 16.7. The van der Waals surface area contributed by atoms with Crippen LogP contribution in [-0.2, 0) is 16.6 Å². The van der Waals surface area contributed by atoms with Crippen LogP contribution in [0.2, 0.25) is 10.0 Å². The summed E-state index contributed by atoms with van der Waals surface area (Å²) in [6, 6.07) is 10.5. The second-order valence-corrected chi connectivity index (χ2v) is 8.07. The van der Waals surface area contributed by atoms with E-state index < -0.39 is 15.8 Å². The van der Waals surface area contributed by atoms with Gasteiger partial charge in [-0.3, -0.25) is 0 Å². The molecule has 3 rings (SSSR count). The maximum Gasteiger partial charge on any atom is 0.246 e. The molecule has 2 aromatic carbocycles. The van der Waals surface area contributed by atoms with Gasteiger partial charge in [0, 0.05) is 18.2 Å². The first-order valence-electron chi connectivity index (χ1n) is 7.10. The maximum atomic E-state index is 13.9. The predicted molar refractivity (Wildman–Crippen MR) is 88.6 cm³/mol. The number of halogens is 3. The second-order valence-electron chi connectivity index (χ2n) is 5.42. The first-order chi connectivity index (χ1) is 10.9. The van der Waals surface area contributed by atoms with Crippen molar-refractivity contribution in [2.24, 2.45) is 0 Å². The van der Waals surface area contributed by atoms with E-state index in [1.807, 2.05) is 0 Å². The fraction of sp³-hybridized carbons (Fsp3) is 0.250. The minimum Gasteiger partial charge on any atom is -0.207 e. The summed E-state index contributed by atoms with van der Waals surface area (Å²) in [5.41, 5.74) is 0.325. The Balaban J connectivity index is 2.03. The first-order valence-corrected chi connectivity index (χ1v) is 9.30. The maximum absolute atomic E-state index is 13.9. The minimum atomic E-state index is -3.91. The average molecular weight is 374 g/mol. The van der Waals surface area contributed by atoms with E-state index in [4.69, 9.17) is 23.2 Å². The lowest BCUT2D eigenvalue weighted by Gasteiger charge is -2.23. The lowest BCUT2D eigenvalue weighted by molar-refractivity contribution is 0.391. The zero-order valence-corrected chi connectivity index (χ0v) is 14.4. The van der Waals surface area contributed by atoms with Gasteiger partial charge in [-0.25, -0.2) is 12.8 Å². The Bertz CT molecular complexity index is 817. The van der Waals surface area contributed by atoms with Crippen LogP contribution >= 0.6 is 23.2 Å². The number of sulfonamides is 1. The van der Waals surface area contributed by atoms with E-state index in [2.05, 4.69) is 0 Å². The van der Waals surface area contributed by atoms with Gasteiger partial charge in [0.05, 0.1) is 10.0 Å². The molecule has 2 aromatic rings. The van der Waals surface area contributed by atoms with Crippen molar-refractivity contribution in [1.29, 1.82) is 0 Å². The van der Waals surface area contributed by atoms with Crippen molar-refractivity contribution in [3.63, 3.8) is 0 Å². The highest BCUT2D eigenvalue weighted by Crippen LogP contribution is 2.38. The predicted octanol–water partition coefficient (Wildman–Crippen LogP) is 4.49. The van der Waals surface area contributed by atoms with Gasteiger partial charge in [0.2, 0.25) is 10.0 Å². The molecule has 0 spiro atoms. The van der Waals surface area contributed by atoms with Gasteiger partial charge in [-0.2, -0.15) is 4.31 Å². The van der Waals surface area contributed by atoms with Crippen LogP contribution in [0.5, 0.6) is 0 Å². The summed E-state index contributed by atoms with van der Waals surface area (Å²) in [5, 5.41) is 0.133. The average Bonchev–Trinajstić information content (AvgIpc) is 3.30. The summed E-state index contributed by atoms with van der Waals surface area (Å²) >= 11 is 12.1. The van der Waals surface area contributed by atoms with Crippen LogP contribution in [0, 0.1) is 5.82 Å². The van der Waals surface area contributed by atoms with Crippen LogP contribution in [-0.4, -0.2) is 18.8 Å². The third-order valence-electron chi connectivity index (χ3n) is 3.72. The van der Waals surface area contributed by atoms with Crippen molar-refractivity contribution in [3.8, 4) is 0 Å². The van der Waals surface area contributed by atoms with Crippen molar-refractivity contribution < 1.29 is 12.8 Å². The Morgan fingerprint density at radius 1 is 1.04 bits per heavy atom. The summed E-state index contributed by atoms with van der Waals surface area (Å²) in [6.07, 6.45) is 1.49. The largest absolute Gasteiger partial charge is 0.246 e. The van der Waals surface area contributed by atoms with Gasteiger partial charge < -0.3 is 0 Å². The van der Waals surface area contributed by atoms with Crippen LogP contribution in [0.3, 0.4) is 0 Å². The van der Waals surface area contributed by atoms with Gasteiger partial charge in [-0.1, -0.05) is 47.5 Å². The highest BCUT2D eigenvalue weighted by atomic mass is 35.5. The van der Waals surface area contributed by atoms with Gasteiger partial charge in [-0.15, -0.1) is 0 Å². The molecule has 23 heavy (non-hydrogen) atoms. The van der Waals surface area contributed by atoms with Crippen LogP contribution in [0.25, 0.3) is 0 Å². The zero-order valence-electron chi connectivity index (χ0n) is 12.0. The Kier molecular flexibility index (Phi) is 4.65. The standard InChI is InChI=1S/C16H14Cl2FNO2S/c17-13-5-3-6-14(18)16(13)23(21,22)20(12-8-9-12)10-11-4-1-2-7-15(11)19/h1-7,12H,8-10H2. The van der Waals surface area contributed by atoms with Crippen molar-refractivity contribution in [1.82, 2.24) is 4.31 Å². The Labute approximate surface area is 144 Å². The van der Waals surface area contributed by atoms with Gasteiger partial charge in [0.15, 0.2) is 0 Å². The molecule has 0 N–H and O–H groups in total. The van der Waals surface area contributed by atoms with Gasteiger partial charge in [0.25, 0.3) is 0 Å². The van der Waals surface area contributed by atoms with E-state index in [1.165, 1.54) is 22.5 Å². The normalized spacial score (nSPS) is 15.1. The Hall–Kier alpha value is -1.14. The summed E-state index contributed by atoms with van der Waals surface area (Å²) in [7, 11) is -3.91. The highest BCUT2D eigenvalue weighted by Gasteiger charge is 2.40. The molecular weight excluding hydrogens is 360 g/mol. The number of benzene rings is 2.